The smallest absolute Gasteiger partial charge is 0.223 e. The zero-order valence-electron chi connectivity index (χ0n) is 14.0. The zero-order chi connectivity index (χ0) is 17.4. The second-order valence-electron chi connectivity index (χ2n) is 6.17. The van der Waals surface area contributed by atoms with Crippen LogP contribution < -0.4 is 10.6 Å². The van der Waals surface area contributed by atoms with Crippen LogP contribution >= 0.6 is 22.7 Å². The molecule has 0 saturated heterocycles. The highest BCUT2D eigenvalue weighted by atomic mass is 32.1. The van der Waals surface area contributed by atoms with Crippen LogP contribution in [0.15, 0.2) is 29.6 Å². The SMILES string of the molecule is CC(=O)Nc1nc(C)c(-c2csc(NC3Cc4ccccc4C3)n2)s1. The Bertz CT molecular complexity index is 906. The van der Waals surface area contributed by atoms with Crippen LogP contribution in [0.25, 0.3) is 10.6 Å². The third-order valence-electron chi connectivity index (χ3n) is 4.19. The van der Waals surface area contributed by atoms with Crippen molar-refractivity contribution in [3.63, 3.8) is 0 Å². The molecule has 3 aromatic rings. The number of fused-ring (bicyclic) bond motifs is 1. The fraction of sp³-hybridized carbons (Fsp3) is 0.278. The number of thiazole rings is 2. The predicted octanol–water partition coefficient (Wildman–Crippen LogP) is 4.11. The van der Waals surface area contributed by atoms with Gasteiger partial charge in [0.1, 0.15) is 0 Å². The Morgan fingerprint density at radius 2 is 1.88 bits per heavy atom. The third kappa shape index (κ3) is 3.43. The molecule has 0 spiro atoms. The number of carbonyl (C=O) groups is 1. The van der Waals surface area contributed by atoms with Crippen molar-refractivity contribution >= 4 is 38.8 Å². The molecule has 4 rings (SSSR count). The van der Waals surface area contributed by atoms with Crippen LogP contribution in [0.3, 0.4) is 0 Å². The van der Waals surface area contributed by atoms with Gasteiger partial charge >= 0.3 is 0 Å². The normalized spacial score (nSPS) is 13.7. The van der Waals surface area contributed by atoms with Gasteiger partial charge in [0.15, 0.2) is 10.3 Å². The van der Waals surface area contributed by atoms with E-state index in [2.05, 4.69) is 39.9 Å². The van der Waals surface area contributed by atoms with Gasteiger partial charge in [0.2, 0.25) is 5.91 Å². The summed E-state index contributed by atoms with van der Waals surface area (Å²) in [5, 5.41) is 9.89. The lowest BCUT2D eigenvalue weighted by atomic mass is 10.1. The summed E-state index contributed by atoms with van der Waals surface area (Å²) >= 11 is 3.07. The van der Waals surface area contributed by atoms with E-state index in [1.54, 1.807) is 11.3 Å². The van der Waals surface area contributed by atoms with Crippen molar-refractivity contribution in [2.24, 2.45) is 0 Å². The number of nitrogens with zero attached hydrogens (tertiary/aromatic N) is 2. The Kier molecular flexibility index (Phi) is 4.27. The highest BCUT2D eigenvalue weighted by Crippen LogP contribution is 2.35. The van der Waals surface area contributed by atoms with Crippen molar-refractivity contribution in [2.45, 2.75) is 32.7 Å². The Balaban J connectivity index is 1.48. The predicted molar refractivity (Wildman–Crippen MR) is 104 cm³/mol. The van der Waals surface area contributed by atoms with Gasteiger partial charge in [0.25, 0.3) is 0 Å². The number of aryl methyl sites for hydroxylation is 1. The van der Waals surface area contributed by atoms with Crippen molar-refractivity contribution < 1.29 is 4.79 Å². The summed E-state index contributed by atoms with van der Waals surface area (Å²) in [6, 6.07) is 9.00. The van der Waals surface area contributed by atoms with Gasteiger partial charge in [0.05, 0.1) is 16.3 Å². The van der Waals surface area contributed by atoms with Crippen molar-refractivity contribution in [1.82, 2.24) is 9.97 Å². The summed E-state index contributed by atoms with van der Waals surface area (Å²) in [6.45, 7) is 3.43. The molecule has 0 atom stereocenters. The third-order valence-corrected chi connectivity index (χ3v) is 6.06. The number of hydrogen-bond donors (Lipinski definition) is 2. The van der Waals surface area contributed by atoms with Gasteiger partial charge in [-0.3, -0.25) is 4.79 Å². The number of benzene rings is 1. The molecule has 2 aromatic heterocycles. The van der Waals surface area contributed by atoms with E-state index in [0.29, 0.717) is 11.2 Å². The lowest BCUT2D eigenvalue weighted by Gasteiger charge is -2.09. The van der Waals surface area contributed by atoms with E-state index in [4.69, 9.17) is 4.98 Å². The Hall–Kier alpha value is -2.25. The van der Waals surface area contributed by atoms with Gasteiger partial charge in [-0.2, -0.15) is 0 Å². The van der Waals surface area contributed by atoms with E-state index >= 15 is 0 Å². The van der Waals surface area contributed by atoms with E-state index in [9.17, 15) is 4.79 Å². The van der Waals surface area contributed by atoms with Crippen LogP contribution in [-0.4, -0.2) is 21.9 Å². The largest absolute Gasteiger partial charge is 0.358 e. The first kappa shape index (κ1) is 16.2. The summed E-state index contributed by atoms with van der Waals surface area (Å²) in [5.41, 5.74) is 4.65. The molecule has 25 heavy (non-hydrogen) atoms. The Labute approximate surface area is 154 Å². The standard InChI is InChI=1S/C18H18N4OS2/c1-10-16(25-18(19-10)20-11(2)23)15-9-24-17(22-15)21-14-7-12-5-3-4-6-13(12)8-14/h3-6,9,14H,7-8H2,1-2H3,(H,21,22)(H,19,20,23). The first-order chi connectivity index (χ1) is 12.1. The Morgan fingerprint density at radius 1 is 1.16 bits per heavy atom. The van der Waals surface area contributed by atoms with Crippen LogP contribution in [0.1, 0.15) is 23.7 Å². The summed E-state index contributed by atoms with van der Waals surface area (Å²) in [5.74, 6) is -0.110. The van der Waals surface area contributed by atoms with E-state index in [0.717, 1.165) is 34.2 Å². The summed E-state index contributed by atoms with van der Waals surface area (Å²) in [4.78, 5) is 21.3. The lowest BCUT2D eigenvalue weighted by Crippen LogP contribution is -2.19. The molecular weight excluding hydrogens is 352 g/mol. The summed E-state index contributed by atoms with van der Waals surface area (Å²) in [6.07, 6.45) is 2.08. The minimum absolute atomic E-state index is 0.110. The first-order valence-corrected chi connectivity index (χ1v) is 9.82. The molecule has 7 heteroatoms. The molecule has 2 N–H and O–H groups in total. The zero-order valence-corrected chi connectivity index (χ0v) is 15.6. The lowest BCUT2D eigenvalue weighted by molar-refractivity contribution is -0.114. The topological polar surface area (TPSA) is 66.9 Å². The van der Waals surface area contributed by atoms with Gasteiger partial charge < -0.3 is 10.6 Å². The van der Waals surface area contributed by atoms with Crippen LogP contribution in [-0.2, 0) is 17.6 Å². The summed E-state index contributed by atoms with van der Waals surface area (Å²) in [7, 11) is 0. The molecule has 1 aromatic carbocycles. The highest BCUT2D eigenvalue weighted by Gasteiger charge is 2.22. The van der Waals surface area contributed by atoms with Crippen molar-refractivity contribution in [3.05, 3.63) is 46.5 Å². The minimum Gasteiger partial charge on any atom is -0.358 e. The second kappa shape index (κ2) is 6.57. The number of nitrogens with one attached hydrogen (secondary N) is 2. The maximum atomic E-state index is 11.2. The number of amides is 1. The molecule has 128 valence electrons. The first-order valence-electron chi connectivity index (χ1n) is 8.12. The number of hydrogen-bond acceptors (Lipinski definition) is 6. The van der Waals surface area contributed by atoms with Gasteiger partial charge in [-0.05, 0) is 30.9 Å². The fourth-order valence-corrected chi connectivity index (χ4v) is 4.95. The van der Waals surface area contributed by atoms with Crippen molar-refractivity contribution in [2.75, 3.05) is 10.6 Å². The number of rotatable bonds is 4. The molecule has 5 nitrogen and oxygen atoms in total. The molecule has 1 amide bonds. The average Bonchev–Trinajstić information content (AvgIpc) is 3.25. The van der Waals surface area contributed by atoms with Crippen LogP contribution in [0.2, 0.25) is 0 Å². The molecule has 0 aliphatic heterocycles. The minimum atomic E-state index is -0.110. The number of carbonyl (C=O) groups excluding carboxylic acids is 1. The highest BCUT2D eigenvalue weighted by molar-refractivity contribution is 7.19. The maximum Gasteiger partial charge on any atom is 0.223 e. The summed E-state index contributed by atoms with van der Waals surface area (Å²) < 4.78 is 0. The van der Waals surface area contributed by atoms with Gasteiger partial charge in [-0.25, -0.2) is 9.97 Å². The quantitative estimate of drug-likeness (QED) is 0.725. The molecular formula is C18H18N4OS2. The van der Waals surface area contributed by atoms with Gasteiger partial charge in [-0.15, -0.1) is 11.3 Å². The molecule has 1 aliphatic rings. The second-order valence-corrected chi connectivity index (χ2v) is 8.03. The van der Waals surface area contributed by atoms with Crippen LogP contribution in [0, 0.1) is 6.92 Å². The molecule has 0 bridgehead atoms. The van der Waals surface area contributed by atoms with E-state index in [-0.39, 0.29) is 5.91 Å². The van der Waals surface area contributed by atoms with Crippen LogP contribution in [0.4, 0.5) is 10.3 Å². The average molecular weight is 371 g/mol. The van der Waals surface area contributed by atoms with E-state index in [1.807, 2.05) is 12.3 Å². The maximum absolute atomic E-state index is 11.2. The molecule has 2 heterocycles. The van der Waals surface area contributed by atoms with Crippen LogP contribution in [0.5, 0.6) is 0 Å². The molecule has 0 fully saturated rings. The fourth-order valence-electron chi connectivity index (χ4n) is 3.12. The molecule has 0 unspecified atom stereocenters. The van der Waals surface area contributed by atoms with E-state index in [1.165, 1.54) is 29.4 Å². The van der Waals surface area contributed by atoms with Gasteiger partial charge in [-0.1, -0.05) is 35.6 Å². The van der Waals surface area contributed by atoms with E-state index < -0.39 is 0 Å². The Morgan fingerprint density at radius 3 is 2.56 bits per heavy atom. The number of aromatic nitrogens is 2. The van der Waals surface area contributed by atoms with Gasteiger partial charge in [0, 0.05) is 18.3 Å². The van der Waals surface area contributed by atoms with Crippen molar-refractivity contribution in [1.29, 1.82) is 0 Å². The molecule has 0 radical (unpaired) electrons. The van der Waals surface area contributed by atoms with Crippen molar-refractivity contribution in [3.8, 4) is 10.6 Å². The monoisotopic (exact) mass is 370 g/mol. The molecule has 0 saturated carbocycles. The number of anilines is 2. The molecule has 1 aliphatic carbocycles.